The minimum Gasteiger partial charge on any atom is -0.292 e. The molecule has 0 aliphatic carbocycles. The summed E-state index contributed by atoms with van der Waals surface area (Å²) in [6.45, 7) is 0. The van der Waals surface area contributed by atoms with E-state index in [4.69, 9.17) is 0 Å². The van der Waals surface area contributed by atoms with Crippen LogP contribution in [0.5, 0.6) is 0 Å². The molecule has 0 amide bonds. The Balaban J connectivity index is 3.19. The summed E-state index contributed by atoms with van der Waals surface area (Å²) in [5.74, 6) is 0. The lowest BCUT2D eigenvalue weighted by Crippen LogP contribution is -2.22. The summed E-state index contributed by atoms with van der Waals surface area (Å²) in [4.78, 5) is 26.4. The van der Waals surface area contributed by atoms with Crippen LogP contribution in [0.1, 0.15) is 0 Å². The van der Waals surface area contributed by atoms with E-state index in [2.05, 4.69) is 4.98 Å². The third-order valence-corrected chi connectivity index (χ3v) is 2.38. The molecule has 2 rings (SSSR count). The van der Waals surface area contributed by atoms with Gasteiger partial charge < -0.3 is 0 Å². The van der Waals surface area contributed by atoms with Crippen molar-refractivity contribution in [1.82, 2.24) is 18.7 Å². The summed E-state index contributed by atoms with van der Waals surface area (Å²) in [5, 5.41) is 0. The lowest BCUT2D eigenvalue weighted by molar-refractivity contribution is 0.765. The molecule has 2 heterocycles. The van der Waals surface area contributed by atoms with Crippen LogP contribution in [0.25, 0.3) is 11.2 Å². The zero-order chi connectivity index (χ0) is 10.5. The van der Waals surface area contributed by atoms with Crippen molar-refractivity contribution in [3.8, 4) is 0 Å². The Bertz CT molecular complexity index is 617. The molecule has 0 aliphatic heterocycles. The Kier molecular flexibility index (Phi) is 1.60. The van der Waals surface area contributed by atoms with Crippen LogP contribution in [0.4, 0.5) is 0 Å². The highest BCUT2D eigenvalue weighted by Crippen LogP contribution is 2.05. The van der Waals surface area contributed by atoms with E-state index < -0.39 is 0 Å². The van der Waals surface area contributed by atoms with Gasteiger partial charge in [0.25, 0.3) is 0 Å². The average molecular weight is 194 g/mol. The quantitative estimate of drug-likeness (QED) is 0.538. The van der Waals surface area contributed by atoms with Crippen molar-refractivity contribution in [3.05, 3.63) is 27.2 Å². The van der Waals surface area contributed by atoms with Crippen LogP contribution >= 0.6 is 0 Å². The maximum Gasteiger partial charge on any atom is 0.348 e. The molecule has 0 aromatic carbocycles. The van der Waals surface area contributed by atoms with Crippen molar-refractivity contribution in [2.45, 2.75) is 0 Å². The Morgan fingerprint density at radius 1 is 1.07 bits per heavy atom. The summed E-state index contributed by atoms with van der Waals surface area (Å²) in [5.41, 5.74) is 0.707. The van der Waals surface area contributed by atoms with Crippen LogP contribution in [-0.2, 0) is 21.1 Å². The second-order valence-corrected chi connectivity index (χ2v) is 3.21. The molecular formula is C8H10N4O2. The molecule has 0 spiro atoms. The van der Waals surface area contributed by atoms with Gasteiger partial charge in [0, 0.05) is 21.1 Å². The van der Waals surface area contributed by atoms with Gasteiger partial charge in [0.05, 0.1) is 6.20 Å². The number of fused-ring (bicyclic) bond motifs is 1. The van der Waals surface area contributed by atoms with E-state index >= 15 is 0 Å². The fraction of sp³-hybridized carbons (Fsp3) is 0.375. The van der Waals surface area contributed by atoms with Crippen LogP contribution in [-0.4, -0.2) is 18.7 Å². The molecule has 2 aromatic heterocycles. The molecule has 14 heavy (non-hydrogen) atoms. The van der Waals surface area contributed by atoms with Crippen molar-refractivity contribution in [1.29, 1.82) is 0 Å². The lowest BCUT2D eigenvalue weighted by Gasteiger charge is -1.99. The second-order valence-electron chi connectivity index (χ2n) is 3.21. The Labute approximate surface area is 79.0 Å². The molecule has 6 nitrogen and oxygen atoms in total. The number of imidazole rings is 1. The summed E-state index contributed by atoms with van der Waals surface area (Å²) in [6.07, 6.45) is 1.42. The first-order valence-electron chi connectivity index (χ1n) is 4.11. The molecule has 2 aromatic rings. The van der Waals surface area contributed by atoms with Crippen LogP contribution in [0.3, 0.4) is 0 Å². The zero-order valence-corrected chi connectivity index (χ0v) is 8.18. The van der Waals surface area contributed by atoms with Crippen molar-refractivity contribution in [2.24, 2.45) is 21.1 Å². The molecule has 0 radical (unpaired) electrons. The lowest BCUT2D eigenvalue weighted by atomic mass is 10.5. The van der Waals surface area contributed by atoms with Gasteiger partial charge in [0.15, 0.2) is 0 Å². The fourth-order valence-electron chi connectivity index (χ4n) is 1.58. The third-order valence-electron chi connectivity index (χ3n) is 2.38. The van der Waals surface area contributed by atoms with E-state index in [-0.39, 0.29) is 11.4 Å². The van der Waals surface area contributed by atoms with Gasteiger partial charge in [-0.05, 0) is 0 Å². The predicted molar refractivity (Wildman–Crippen MR) is 51.2 cm³/mol. The van der Waals surface area contributed by atoms with Crippen LogP contribution in [0.15, 0.2) is 15.8 Å². The number of hydrogen-bond donors (Lipinski definition) is 0. The van der Waals surface area contributed by atoms with Crippen molar-refractivity contribution in [2.75, 3.05) is 0 Å². The molecule has 0 bridgehead atoms. The van der Waals surface area contributed by atoms with E-state index in [1.54, 1.807) is 21.1 Å². The molecule has 0 fully saturated rings. The minimum absolute atomic E-state index is 0.164. The number of aromatic nitrogens is 4. The summed E-state index contributed by atoms with van der Waals surface area (Å²) in [7, 11) is 4.87. The van der Waals surface area contributed by atoms with Gasteiger partial charge in [0.1, 0.15) is 11.2 Å². The van der Waals surface area contributed by atoms with Gasteiger partial charge in [-0.2, -0.15) is 4.98 Å². The Morgan fingerprint density at radius 2 is 1.71 bits per heavy atom. The molecule has 0 atom stereocenters. The molecule has 0 aliphatic rings. The maximum absolute atomic E-state index is 11.5. The minimum atomic E-state index is -0.362. The highest BCUT2D eigenvalue weighted by atomic mass is 16.2. The average Bonchev–Trinajstić information content (AvgIpc) is 2.38. The van der Waals surface area contributed by atoms with Crippen molar-refractivity contribution < 1.29 is 0 Å². The topological polar surface area (TPSA) is 61.8 Å². The number of nitrogens with zero attached hydrogens (tertiary/aromatic N) is 4. The smallest absolute Gasteiger partial charge is 0.292 e. The van der Waals surface area contributed by atoms with Gasteiger partial charge >= 0.3 is 11.4 Å². The molecule has 74 valence electrons. The third kappa shape index (κ3) is 0.876. The SMILES string of the molecule is Cn1c(=O)n(C)c2c1cnc(=O)n2C. The highest BCUT2D eigenvalue weighted by Gasteiger charge is 2.10. The maximum atomic E-state index is 11.5. The van der Waals surface area contributed by atoms with E-state index in [0.717, 1.165) is 0 Å². The van der Waals surface area contributed by atoms with E-state index in [9.17, 15) is 9.59 Å². The second kappa shape index (κ2) is 2.57. The zero-order valence-electron chi connectivity index (χ0n) is 8.18. The molecule has 0 N–H and O–H groups in total. The van der Waals surface area contributed by atoms with E-state index in [1.807, 2.05) is 0 Å². The molecule has 0 saturated heterocycles. The number of aryl methyl sites for hydroxylation is 3. The van der Waals surface area contributed by atoms with Crippen molar-refractivity contribution >= 4 is 11.2 Å². The Hall–Kier alpha value is -1.85. The molecule has 0 saturated carbocycles. The van der Waals surface area contributed by atoms with Gasteiger partial charge in [-0.25, -0.2) is 9.59 Å². The largest absolute Gasteiger partial charge is 0.348 e. The molecule has 0 unspecified atom stereocenters. The first kappa shape index (κ1) is 8.74. The number of hydrogen-bond acceptors (Lipinski definition) is 3. The molecular weight excluding hydrogens is 184 g/mol. The summed E-state index contributed by atoms with van der Waals surface area (Å²) >= 11 is 0. The first-order chi connectivity index (χ1) is 6.54. The normalized spacial score (nSPS) is 11.1. The monoisotopic (exact) mass is 194 g/mol. The summed E-state index contributed by atoms with van der Waals surface area (Å²) in [6, 6.07) is 0. The standard InChI is InChI=1S/C8H10N4O2/c1-10-5-4-9-7(13)11(2)6(5)12(3)8(10)14/h4H,1-3H3. The van der Waals surface area contributed by atoms with E-state index in [0.29, 0.717) is 11.2 Å². The highest BCUT2D eigenvalue weighted by molar-refractivity contribution is 5.70. The van der Waals surface area contributed by atoms with Gasteiger partial charge in [-0.3, -0.25) is 13.7 Å². The first-order valence-corrected chi connectivity index (χ1v) is 4.11. The van der Waals surface area contributed by atoms with Gasteiger partial charge in [0.2, 0.25) is 0 Å². The van der Waals surface area contributed by atoms with Crippen LogP contribution in [0, 0.1) is 0 Å². The van der Waals surface area contributed by atoms with Crippen LogP contribution in [0.2, 0.25) is 0 Å². The van der Waals surface area contributed by atoms with E-state index in [1.165, 1.54) is 19.9 Å². The van der Waals surface area contributed by atoms with Crippen LogP contribution < -0.4 is 11.4 Å². The predicted octanol–water partition coefficient (Wildman–Crippen LogP) is -1.03. The molecule has 6 heteroatoms. The Morgan fingerprint density at radius 3 is 2.36 bits per heavy atom. The fourth-order valence-corrected chi connectivity index (χ4v) is 1.58. The van der Waals surface area contributed by atoms with Gasteiger partial charge in [-0.15, -0.1) is 0 Å². The van der Waals surface area contributed by atoms with Gasteiger partial charge in [-0.1, -0.05) is 0 Å². The number of rotatable bonds is 0. The summed E-state index contributed by atoms with van der Waals surface area (Å²) < 4.78 is 4.25. The van der Waals surface area contributed by atoms with Crippen molar-refractivity contribution in [3.63, 3.8) is 0 Å².